The van der Waals surface area contributed by atoms with Gasteiger partial charge in [0.2, 0.25) is 0 Å². The van der Waals surface area contributed by atoms with E-state index >= 15 is 0 Å². The molecule has 1 aliphatic heterocycles. The number of ether oxygens (including phenoxy) is 1. The molecule has 0 aromatic carbocycles. The molecule has 0 radical (unpaired) electrons. The van der Waals surface area contributed by atoms with Gasteiger partial charge in [0.05, 0.1) is 5.60 Å². The van der Waals surface area contributed by atoms with Crippen LogP contribution >= 0.6 is 0 Å². The highest BCUT2D eigenvalue weighted by Gasteiger charge is 2.31. The number of nitrogens with zero attached hydrogens (tertiary/aromatic N) is 3. The van der Waals surface area contributed by atoms with E-state index in [9.17, 15) is 5.11 Å². The number of nitrogens with two attached hydrogens (primary N) is 1. The first-order valence-corrected chi connectivity index (χ1v) is 5.68. The highest BCUT2D eigenvalue weighted by Crippen LogP contribution is 2.23. The lowest BCUT2D eigenvalue weighted by atomic mass is 9.94. The van der Waals surface area contributed by atoms with Crippen molar-refractivity contribution in [1.82, 2.24) is 9.97 Å². The van der Waals surface area contributed by atoms with Crippen molar-refractivity contribution in [2.24, 2.45) is 0 Å². The van der Waals surface area contributed by atoms with Crippen LogP contribution in [0, 0.1) is 0 Å². The Hall–Kier alpha value is -1.40. The highest BCUT2D eigenvalue weighted by atomic mass is 16.5. The number of hydrogen-bond donors (Lipinski definition) is 2. The fraction of sp³-hybridized carbons (Fsp3) is 0.636. The summed E-state index contributed by atoms with van der Waals surface area (Å²) in [6, 6.07) is 1.70. The van der Waals surface area contributed by atoms with Crippen molar-refractivity contribution in [3.63, 3.8) is 0 Å². The normalized spacial score (nSPS) is 18.9. The van der Waals surface area contributed by atoms with Gasteiger partial charge in [-0.15, -0.1) is 0 Å². The van der Waals surface area contributed by atoms with Crippen molar-refractivity contribution in [3.05, 3.63) is 12.4 Å². The van der Waals surface area contributed by atoms with Crippen molar-refractivity contribution in [3.8, 4) is 0 Å². The average molecular weight is 238 g/mol. The van der Waals surface area contributed by atoms with Crippen LogP contribution in [-0.4, -0.2) is 47.5 Å². The second-order valence-corrected chi connectivity index (χ2v) is 4.49. The molecule has 0 amide bonds. The van der Waals surface area contributed by atoms with Crippen molar-refractivity contribution in [1.29, 1.82) is 0 Å². The molecule has 3 N–H and O–H groups in total. The van der Waals surface area contributed by atoms with Gasteiger partial charge in [0.25, 0.3) is 0 Å². The molecule has 2 rings (SSSR count). The lowest BCUT2D eigenvalue weighted by Crippen LogP contribution is -2.46. The SMILES string of the molecule is CN(CC1(O)CCOCC1)c1cc(N)ncn1. The number of aromatic nitrogens is 2. The molecule has 0 atom stereocenters. The predicted octanol–water partition coefficient (Wildman–Crippen LogP) is 0.0365. The van der Waals surface area contributed by atoms with Crippen LogP contribution in [0.5, 0.6) is 0 Å². The molecule has 0 spiro atoms. The lowest BCUT2D eigenvalue weighted by Gasteiger charge is -2.35. The first kappa shape index (κ1) is 12.1. The fourth-order valence-electron chi connectivity index (χ4n) is 2.00. The largest absolute Gasteiger partial charge is 0.388 e. The van der Waals surface area contributed by atoms with E-state index in [2.05, 4.69) is 9.97 Å². The zero-order chi connectivity index (χ0) is 12.3. The van der Waals surface area contributed by atoms with Gasteiger partial charge >= 0.3 is 0 Å². The zero-order valence-corrected chi connectivity index (χ0v) is 9.96. The molecule has 94 valence electrons. The number of likely N-dealkylation sites (N-methyl/N-ethyl adjacent to an activating group) is 1. The van der Waals surface area contributed by atoms with Crippen molar-refractivity contribution in [2.45, 2.75) is 18.4 Å². The number of aliphatic hydroxyl groups is 1. The average Bonchev–Trinajstić information content (AvgIpc) is 2.29. The second kappa shape index (κ2) is 4.85. The summed E-state index contributed by atoms with van der Waals surface area (Å²) in [5.41, 5.74) is 4.90. The van der Waals surface area contributed by atoms with Gasteiger partial charge in [-0.25, -0.2) is 9.97 Å². The maximum Gasteiger partial charge on any atom is 0.133 e. The Bertz CT molecular complexity index is 379. The molecule has 1 aromatic rings. The molecule has 1 saturated heterocycles. The van der Waals surface area contributed by atoms with E-state index in [1.54, 1.807) is 6.07 Å². The second-order valence-electron chi connectivity index (χ2n) is 4.49. The molecule has 0 saturated carbocycles. The van der Waals surface area contributed by atoms with Crippen molar-refractivity contribution >= 4 is 11.6 Å². The van der Waals surface area contributed by atoms with Crippen LogP contribution in [0.3, 0.4) is 0 Å². The van der Waals surface area contributed by atoms with E-state index in [0.29, 0.717) is 38.4 Å². The van der Waals surface area contributed by atoms with Gasteiger partial charge in [-0.1, -0.05) is 0 Å². The number of rotatable bonds is 3. The smallest absolute Gasteiger partial charge is 0.133 e. The maximum atomic E-state index is 10.4. The Morgan fingerprint density at radius 3 is 2.82 bits per heavy atom. The van der Waals surface area contributed by atoms with Crippen LogP contribution in [-0.2, 0) is 4.74 Å². The van der Waals surface area contributed by atoms with Crippen molar-refractivity contribution in [2.75, 3.05) is 37.4 Å². The monoisotopic (exact) mass is 238 g/mol. The van der Waals surface area contributed by atoms with Crippen LogP contribution in [0.15, 0.2) is 12.4 Å². The van der Waals surface area contributed by atoms with E-state index in [1.807, 2.05) is 11.9 Å². The van der Waals surface area contributed by atoms with Gasteiger partial charge in [0, 0.05) is 45.7 Å². The summed E-state index contributed by atoms with van der Waals surface area (Å²) < 4.78 is 5.25. The predicted molar refractivity (Wildman–Crippen MR) is 64.7 cm³/mol. The van der Waals surface area contributed by atoms with E-state index in [1.165, 1.54) is 6.33 Å². The van der Waals surface area contributed by atoms with Gasteiger partial charge in [-0.2, -0.15) is 0 Å². The molecule has 6 heteroatoms. The first-order chi connectivity index (χ1) is 8.09. The Labute approximate surface area is 100 Å². The molecule has 1 aliphatic rings. The summed E-state index contributed by atoms with van der Waals surface area (Å²) in [7, 11) is 1.88. The lowest BCUT2D eigenvalue weighted by molar-refractivity contribution is -0.0573. The van der Waals surface area contributed by atoms with Crippen LogP contribution in [0.25, 0.3) is 0 Å². The fourth-order valence-corrected chi connectivity index (χ4v) is 2.00. The first-order valence-electron chi connectivity index (χ1n) is 5.68. The Morgan fingerprint density at radius 1 is 1.47 bits per heavy atom. The third-order valence-corrected chi connectivity index (χ3v) is 3.02. The van der Waals surface area contributed by atoms with Crippen LogP contribution in [0.1, 0.15) is 12.8 Å². The summed E-state index contributed by atoms with van der Waals surface area (Å²) >= 11 is 0. The molecular formula is C11H18N4O2. The third-order valence-electron chi connectivity index (χ3n) is 3.02. The Kier molecular flexibility index (Phi) is 3.44. The zero-order valence-electron chi connectivity index (χ0n) is 9.96. The van der Waals surface area contributed by atoms with Gasteiger partial charge in [0.15, 0.2) is 0 Å². The molecular weight excluding hydrogens is 220 g/mol. The molecule has 1 fully saturated rings. The molecule has 0 unspecified atom stereocenters. The molecule has 17 heavy (non-hydrogen) atoms. The summed E-state index contributed by atoms with van der Waals surface area (Å²) in [5, 5.41) is 10.4. The highest BCUT2D eigenvalue weighted by molar-refractivity contribution is 5.45. The van der Waals surface area contributed by atoms with Gasteiger partial charge in [0.1, 0.15) is 18.0 Å². The molecule has 0 aliphatic carbocycles. The minimum absolute atomic E-state index is 0.431. The van der Waals surface area contributed by atoms with Crippen molar-refractivity contribution < 1.29 is 9.84 Å². The van der Waals surface area contributed by atoms with E-state index in [4.69, 9.17) is 10.5 Å². The Morgan fingerprint density at radius 2 is 2.18 bits per heavy atom. The van der Waals surface area contributed by atoms with Crippen LogP contribution in [0.2, 0.25) is 0 Å². The number of anilines is 2. The summed E-state index contributed by atoms with van der Waals surface area (Å²) in [5.74, 6) is 1.15. The summed E-state index contributed by atoms with van der Waals surface area (Å²) in [6.45, 7) is 1.74. The standard InChI is InChI=1S/C11H18N4O2/c1-15(10-6-9(12)13-8-14-10)7-11(16)2-4-17-5-3-11/h6,8,16H,2-5,7H2,1H3,(H2,12,13,14). The quantitative estimate of drug-likeness (QED) is 0.773. The molecule has 6 nitrogen and oxygen atoms in total. The summed E-state index contributed by atoms with van der Waals surface area (Å²) in [4.78, 5) is 9.86. The minimum atomic E-state index is -0.702. The van der Waals surface area contributed by atoms with E-state index < -0.39 is 5.60 Å². The topological polar surface area (TPSA) is 84.5 Å². The Balaban J connectivity index is 2.03. The van der Waals surface area contributed by atoms with Crippen LogP contribution in [0.4, 0.5) is 11.6 Å². The van der Waals surface area contributed by atoms with E-state index in [0.717, 1.165) is 5.82 Å². The molecule has 1 aromatic heterocycles. The van der Waals surface area contributed by atoms with Gasteiger partial charge in [-0.05, 0) is 0 Å². The van der Waals surface area contributed by atoms with Crippen LogP contribution < -0.4 is 10.6 Å². The van der Waals surface area contributed by atoms with Gasteiger partial charge < -0.3 is 20.5 Å². The third kappa shape index (κ3) is 3.04. The summed E-state index contributed by atoms with van der Waals surface area (Å²) in [6.07, 6.45) is 2.73. The molecule has 0 bridgehead atoms. The minimum Gasteiger partial charge on any atom is -0.388 e. The van der Waals surface area contributed by atoms with E-state index in [-0.39, 0.29) is 0 Å². The molecule has 2 heterocycles. The number of hydrogen-bond acceptors (Lipinski definition) is 6. The number of nitrogen functional groups attached to an aromatic ring is 1. The maximum absolute atomic E-state index is 10.4. The van der Waals surface area contributed by atoms with Gasteiger partial charge in [-0.3, -0.25) is 0 Å².